The molecule has 1 aliphatic carbocycles. The minimum Gasteiger partial charge on any atom is -0.341 e. The third-order valence-electron chi connectivity index (χ3n) is 4.35. The zero-order valence-electron chi connectivity index (χ0n) is 12.5. The van der Waals surface area contributed by atoms with Gasteiger partial charge in [0.25, 0.3) is 0 Å². The van der Waals surface area contributed by atoms with Gasteiger partial charge in [-0.25, -0.2) is 0 Å². The van der Waals surface area contributed by atoms with Crippen LogP contribution in [0.25, 0.3) is 0 Å². The van der Waals surface area contributed by atoms with Gasteiger partial charge in [0.2, 0.25) is 5.91 Å². The second-order valence-corrected chi connectivity index (χ2v) is 5.92. The standard InChI is InChI=1S/C15H25N3O/c1-11-7-5-6-8-14(11)17(4)15(19)10-18-13(3)9-12(2)16-18/h9,11,14H,5-8,10H2,1-4H3. The Morgan fingerprint density at radius 2 is 2.11 bits per heavy atom. The van der Waals surface area contributed by atoms with E-state index in [2.05, 4.69) is 12.0 Å². The molecule has 19 heavy (non-hydrogen) atoms. The number of rotatable bonds is 3. The molecule has 106 valence electrons. The number of aryl methyl sites for hydroxylation is 2. The van der Waals surface area contributed by atoms with E-state index in [4.69, 9.17) is 0 Å². The van der Waals surface area contributed by atoms with E-state index in [-0.39, 0.29) is 5.91 Å². The summed E-state index contributed by atoms with van der Waals surface area (Å²) in [5.74, 6) is 0.785. The monoisotopic (exact) mass is 263 g/mol. The van der Waals surface area contributed by atoms with E-state index >= 15 is 0 Å². The normalized spacial score (nSPS) is 23.4. The summed E-state index contributed by atoms with van der Waals surface area (Å²) in [5.41, 5.74) is 2.02. The van der Waals surface area contributed by atoms with Crippen molar-refractivity contribution in [2.24, 2.45) is 5.92 Å². The maximum Gasteiger partial charge on any atom is 0.244 e. The number of carbonyl (C=O) groups excluding carboxylic acids is 1. The highest BCUT2D eigenvalue weighted by Crippen LogP contribution is 2.27. The number of amides is 1. The number of hydrogen-bond donors (Lipinski definition) is 0. The first-order valence-electron chi connectivity index (χ1n) is 7.25. The molecule has 1 amide bonds. The van der Waals surface area contributed by atoms with Crippen molar-refractivity contribution in [1.29, 1.82) is 0 Å². The molecule has 0 aliphatic heterocycles. The van der Waals surface area contributed by atoms with Crippen LogP contribution in [0.5, 0.6) is 0 Å². The molecule has 1 aliphatic rings. The van der Waals surface area contributed by atoms with Gasteiger partial charge >= 0.3 is 0 Å². The number of nitrogens with zero attached hydrogens (tertiary/aromatic N) is 3. The topological polar surface area (TPSA) is 38.1 Å². The maximum absolute atomic E-state index is 12.4. The van der Waals surface area contributed by atoms with Crippen molar-refractivity contribution in [3.8, 4) is 0 Å². The van der Waals surface area contributed by atoms with Gasteiger partial charge in [-0.15, -0.1) is 0 Å². The predicted octanol–water partition coefficient (Wildman–Crippen LogP) is 2.54. The molecule has 1 aromatic heterocycles. The lowest BCUT2D eigenvalue weighted by Crippen LogP contribution is -2.44. The lowest BCUT2D eigenvalue weighted by Gasteiger charge is -2.36. The molecule has 2 unspecified atom stereocenters. The van der Waals surface area contributed by atoms with E-state index in [1.165, 1.54) is 19.3 Å². The molecule has 2 rings (SSSR count). The molecule has 1 heterocycles. The first-order chi connectivity index (χ1) is 8.99. The van der Waals surface area contributed by atoms with Crippen LogP contribution in [0.4, 0.5) is 0 Å². The van der Waals surface area contributed by atoms with Gasteiger partial charge in [-0.05, 0) is 38.7 Å². The fourth-order valence-electron chi connectivity index (χ4n) is 3.13. The Hall–Kier alpha value is -1.32. The second kappa shape index (κ2) is 5.76. The van der Waals surface area contributed by atoms with Crippen LogP contribution in [0.2, 0.25) is 0 Å². The zero-order valence-corrected chi connectivity index (χ0v) is 12.5. The van der Waals surface area contributed by atoms with Crippen LogP contribution in [0.1, 0.15) is 44.0 Å². The van der Waals surface area contributed by atoms with E-state index in [0.29, 0.717) is 18.5 Å². The highest BCUT2D eigenvalue weighted by molar-refractivity contribution is 5.76. The summed E-state index contributed by atoms with van der Waals surface area (Å²) in [6, 6.07) is 2.41. The lowest BCUT2D eigenvalue weighted by atomic mass is 9.85. The van der Waals surface area contributed by atoms with Gasteiger partial charge in [-0.3, -0.25) is 9.48 Å². The molecule has 0 aromatic carbocycles. The Morgan fingerprint density at radius 3 is 2.68 bits per heavy atom. The molecule has 0 N–H and O–H groups in total. The van der Waals surface area contributed by atoms with Gasteiger partial charge in [-0.2, -0.15) is 5.10 Å². The third-order valence-corrected chi connectivity index (χ3v) is 4.35. The summed E-state index contributed by atoms with van der Waals surface area (Å²) >= 11 is 0. The Labute approximate surface area is 115 Å². The summed E-state index contributed by atoms with van der Waals surface area (Å²) in [7, 11) is 1.94. The van der Waals surface area contributed by atoms with Crippen LogP contribution in [-0.2, 0) is 11.3 Å². The van der Waals surface area contributed by atoms with Crippen LogP contribution in [0.15, 0.2) is 6.07 Å². The van der Waals surface area contributed by atoms with Gasteiger partial charge < -0.3 is 4.90 Å². The molecule has 1 fully saturated rings. The third kappa shape index (κ3) is 3.17. The summed E-state index contributed by atoms with van der Waals surface area (Å²) in [6.07, 6.45) is 4.92. The number of carbonyl (C=O) groups is 1. The number of aromatic nitrogens is 2. The molecule has 1 saturated carbocycles. The van der Waals surface area contributed by atoms with Crippen LogP contribution < -0.4 is 0 Å². The smallest absolute Gasteiger partial charge is 0.244 e. The van der Waals surface area contributed by atoms with Crippen LogP contribution in [0, 0.1) is 19.8 Å². The largest absolute Gasteiger partial charge is 0.341 e. The van der Waals surface area contributed by atoms with Crippen LogP contribution in [-0.4, -0.2) is 33.7 Å². The van der Waals surface area contributed by atoms with E-state index in [9.17, 15) is 4.79 Å². The van der Waals surface area contributed by atoms with Gasteiger partial charge in [0.05, 0.1) is 5.69 Å². The van der Waals surface area contributed by atoms with E-state index in [1.54, 1.807) is 0 Å². The Bertz CT molecular complexity index is 452. The van der Waals surface area contributed by atoms with Gasteiger partial charge in [0.1, 0.15) is 6.54 Å². The molecule has 0 radical (unpaired) electrons. The van der Waals surface area contributed by atoms with Crippen molar-refractivity contribution in [1.82, 2.24) is 14.7 Å². The molecule has 0 saturated heterocycles. The number of hydrogen-bond acceptors (Lipinski definition) is 2. The van der Waals surface area contributed by atoms with Crippen molar-refractivity contribution in [3.05, 3.63) is 17.5 Å². The molecular weight excluding hydrogens is 238 g/mol. The summed E-state index contributed by atoms with van der Waals surface area (Å²) in [4.78, 5) is 14.3. The molecule has 4 nitrogen and oxygen atoms in total. The highest BCUT2D eigenvalue weighted by atomic mass is 16.2. The van der Waals surface area contributed by atoms with Crippen molar-refractivity contribution >= 4 is 5.91 Å². The highest BCUT2D eigenvalue weighted by Gasteiger charge is 2.28. The average Bonchev–Trinajstić information content (AvgIpc) is 2.67. The fraction of sp³-hybridized carbons (Fsp3) is 0.733. The Morgan fingerprint density at radius 1 is 1.42 bits per heavy atom. The second-order valence-electron chi connectivity index (χ2n) is 5.92. The predicted molar refractivity (Wildman–Crippen MR) is 75.9 cm³/mol. The fourth-order valence-corrected chi connectivity index (χ4v) is 3.13. The van der Waals surface area contributed by atoms with E-state index in [0.717, 1.165) is 17.8 Å². The first-order valence-corrected chi connectivity index (χ1v) is 7.25. The van der Waals surface area contributed by atoms with E-state index in [1.807, 2.05) is 36.5 Å². The quantitative estimate of drug-likeness (QED) is 0.840. The lowest BCUT2D eigenvalue weighted by molar-refractivity contribution is -0.134. The number of likely N-dealkylation sites (N-methyl/N-ethyl adjacent to an activating group) is 1. The molecule has 0 bridgehead atoms. The zero-order chi connectivity index (χ0) is 14.0. The molecule has 1 aromatic rings. The maximum atomic E-state index is 12.4. The van der Waals surface area contributed by atoms with Gasteiger partial charge in [0.15, 0.2) is 0 Å². The molecule has 0 spiro atoms. The van der Waals surface area contributed by atoms with Crippen LogP contribution in [0.3, 0.4) is 0 Å². The molecule has 4 heteroatoms. The Kier molecular flexibility index (Phi) is 4.27. The van der Waals surface area contributed by atoms with Crippen LogP contribution >= 0.6 is 0 Å². The van der Waals surface area contributed by atoms with Gasteiger partial charge in [-0.1, -0.05) is 19.8 Å². The van der Waals surface area contributed by atoms with Crippen molar-refractivity contribution in [2.45, 2.75) is 59.0 Å². The molecule has 2 atom stereocenters. The van der Waals surface area contributed by atoms with Crippen molar-refractivity contribution in [2.75, 3.05) is 7.05 Å². The van der Waals surface area contributed by atoms with E-state index < -0.39 is 0 Å². The Balaban J connectivity index is 2.01. The minimum atomic E-state index is 0.171. The summed E-state index contributed by atoms with van der Waals surface area (Å²) < 4.78 is 1.81. The SMILES string of the molecule is Cc1cc(C)n(CC(=O)N(C)C2CCCCC2C)n1. The first kappa shape index (κ1) is 14.1. The van der Waals surface area contributed by atoms with Gasteiger partial charge in [0, 0.05) is 18.8 Å². The van der Waals surface area contributed by atoms with Crippen molar-refractivity contribution < 1.29 is 4.79 Å². The minimum absolute atomic E-state index is 0.171. The molecular formula is C15H25N3O. The average molecular weight is 263 g/mol. The summed E-state index contributed by atoms with van der Waals surface area (Å²) in [6.45, 7) is 6.58. The van der Waals surface area contributed by atoms with Crippen molar-refractivity contribution in [3.63, 3.8) is 0 Å². The summed E-state index contributed by atoms with van der Waals surface area (Å²) in [5, 5.41) is 4.37.